The topological polar surface area (TPSA) is 85.4 Å². The molecule has 4 rings (SSSR count). The van der Waals surface area contributed by atoms with E-state index in [-0.39, 0.29) is 5.69 Å². The number of benzene rings is 1. The zero-order valence-corrected chi connectivity index (χ0v) is 14.1. The monoisotopic (exact) mass is 357 g/mol. The van der Waals surface area contributed by atoms with Gasteiger partial charge in [-0.2, -0.15) is 0 Å². The number of rotatable bonds is 4. The maximum atomic E-state index is 10.9. The van der Waals surface area contributed by atoms with Crippen molar-refractivity contribution in [2.75, 3.05) is 5.32 Å². The number of hydrogen-bond donors (Lipinski definition) is 1. The minimum Gasteiger partial charge on any atom is -0.331 e. The van der Waals surface area contributed by atoms with Gasteiger partial charge in [0.2, 0.25) is 0 Å². The number of aryl methyl sites for hydroxylation is 1. The number of nitro benzene ring substituents is 1. The lowest BCUT2D eigenvalue weighted by molar-refractivity contribution is -0.384. The van der Waals surface area contributed by atoms with E-state index in [1.165, 1.54) is 23.5 Å². The second-order valence-corrected chi connectivity index (χ2v) is 6.80. The molecule has 0 saturated carbocycles. The summed E-state index contributed by atoms with van der Waals surface area (Å²) in [5.41, 5.74) is 3.40. The van der Waals surface area contributed by atoms with Gasteiger partial charge in [-0.3, -0.25) is 14.5 Å². The molecule has 0 aliphatic carbocycles. The standard InChI is InChI=1S/C15H11N5O2S2/c1-9-13(19-5-6-23-15(19)16-9)12-8-24-14(18-12)17-10-3-2-4-11(7-10)20(21)22/h2-8H,1H3,(H,17,18). The van der Waals surface area contributed by atoms with Gasteiger partial charge in [-0.25, -0.2) is 9.97 Å². The predicted molar refractivity (Wildman–Crippen MR) is 95.3 cm³/mol. The Labute approximate surface area is 144 Å². The van der Waals surface area contributed by atoms with Crippen molar-refractivity contribution in [1.82, 2.24) is 14.4 Å². The molecule has 0 saturated heterocycles. The average molecular weight is 357 g/mol. The number of nitrogens with zero attached hydrogens (tertiary/aromatic N) is 4. The summed E-state index contributed by atoms with van der Waals surface area (Å²) < 4.78 is 2.02. The number of thiazole rings is 2. The normalized spacial score (nSPS) is 11.0. The van der Waals surface area contributed by atoms with Gasteiger partial charge in [0.1, 0.15) is 5.69 Å². The van der Waals surface area contributed by atoms with E-state index in [9.17, 15) is 10.1 Å². The molecule has 1 N–H and O–H groups in total. The summed E-state index contributed by atoms with van der Waals surface area (Å²) in [6, 6.07) is 6.36. The zero-order chi connectivity index (χ0) is 16.7. The van der Waals surface area contributed by atoms with Crippen LogP contribution in [0.2, 0.25) is 0 Å². The minimum atomic E-state index is -0.415. The Hall–Kier alpha value is -2.78. The molecule has 3 aromatic heterocycles. The van der Waals surface area contributed by atoms with Crippen LogP contribution in [-0.2, 0) is 0 Å². The molecular weight excluding hydrogens is 346 g/mol. The number of nitrogens with one attached hydrogen (secondary N) is 1. The second kappa shape index (κ2) is 5.69. The molecule has 4 aromatic rings. The van der Waals surface area contributed by atoms with Crippen LogP contribution in [0.5, 0.6) is 0 Å². The number of hydrogen-bond acceptors (Lipinski definition) is 7. The van der Waals surface area contributed by atoms with Crippen molar-refractivity contribution in [3.8, 4) is 11.4 Å². The molecular formula is C15H11N5O2S2. The maximum absolute atomic E-state index is 10.9. The van der Waals surface area contributed by atoms with Crippen LogP contribution in [0.4, 0.5) is 16.5 Å². The Bertz CT molecular complexity index is 1050. The highest BCUT2D eigenvalue weighted by atomic mass is 32.1. The molecule has 0 fully saturated rings. The molecule has 120 valence electrons. The smallest absolute Gasteiger partial charge is 0.271 e. The van der Waals surface area contributed by atoms with E-state index in [0.29, 0.717) is 10.8 Å². The molecule has 0 bridgehead atoms. The van der Waals surface area contributed by atoms with Gasteiger partial charge in [0.15, 0.2) is 10.1 Å². The van der Waals surface area contributed by atoms with Crippen LogP contribution in [0.15, 0.2) is 41.2 Å². The lowest BCUT2D eigenvalue weighted by Gasteiger charge is -2.02. The van der Waals surface area contributed by atoms with Crippen LogP contribution < -0.4 is 5.32 Å². The van der Waals surface area contributed by atoms with Crippen LogP contribution in [0.3, 0.4) is 0 Å². The zero-order valence-electron chi connectivity index (χ0n) is 12.5. The molecule has 9 heteroatoms. The number of nitro groups is 1. The third kappa shape index (κ3) is 2.53. The van der Waals surface area contributed by atoms with Gasteiger partial charge in [0.05, 0.1) is 16.3 Å². The first-order chi connectivity index (χ1) is 11.6. The molecule has 0 spiro atoms. The summed E-state index contributed by atoms with van der Waals surface area (Å²) in [6.07, 6.45) is 1.97. The van der Waals surface area contributed by atoms with Crippen LogP contribution in [-0.4, -0.2) is 19.3 Å². The fraction of sp³-hybridized carbons (Fsp3) is 0.0667. The lowest BCUT2D eigenvalue weighted by atomic mass is 10.3. The Morgan fingerprint density at radius 1 is 1.29 bits per heavy atom. The van der Waals surface area contributed by atoms with Crippen LogP contribution in [0.25, 0.3) is 16.3 Å². The van der Waals surface area contributed by atoms with Crippen LogP contribution >= 0.6 is 22.7 Å². The number of aromatic nitrogens is 3. The van der Waals surface area contributed by atoms with Gasteiger partial charge in [0, 0.05) is 34.8 Å². The summed E-state index contributed by atoms with van der Waals surface area (Å²) in [5, 5.41) is 18.6. The highest BCUT2D eigenvalue weighted by Crippen LogP contribution is 2.31. The van der Waals surface area contributed by atoms with E-state index in [1.54, 1.807) is 23.5 Å². The van der Waals surface area contributed by atoms with Gasteiger partial charge in [-0.05, 0) is 13.0 Å². The maximum Gasteiger partial charge on any atom is 0.271 e. The number of imidazole rings is 1. The van der Waals surface area contributed by atoms with Crippen molar-refractivity contribution >= 4 is 44.1 Å². The highest BCUT2D eigenvalue weighted by molar-refractivity contribution is 7.15. The van der Waals surface area contributed by atoms with Gasteiger partial charge in [-0.15, -0.1) is 22.7 Å². The summed E-state index contributed by atoms with van der Waals surface area (Å²) in [6.45, 7) is 1.96. The largest absolute Gasteiger partial charge is 0.331 e. The summed E-state index contributed by atoms with van der Waals surface area (Å²) in [5.74, 6) is 0. The van der Waals surface area contributed by atoms with E-state index in [1.807, 2.05) is 28.3 Å². The van der Waals surface area contributed by atoms with Crippen molar-refractivity contribution in [3.05, 3.63) is 57.0 Å². The molecule has 24 heavy (non-hydrogen) atoms. The molecule has 0 atom stereocenters. The number of anilines is 2. The highest BCUT2D eigenvalue weighted by Gasteiger charge is 2.15. The fourth-order valence-electron chi connectivity index (χ4n) is 2.46. The molecule has 0 amide bonds. The van der Waals surface area contributed by atoms with Crippen LogP contribution in [0.1, 0.15) is 5.69 Å². The Morgan fingerprint density at radius 2 is 2.17 bits per heavy atom. The van der Waals surface area contributed by atoms with Crippen molar-refractivity contribution in [2.45, 2.75) is 6.92 Å². The summed E-state index contributed by atoms with van der Waals surface area (Å²) in [4.78, 5) is 20.5. The lowest BCUT2D eigenvalue weighted by Crippen LogP contribution is -1.93. The molecule has 0 aliphatic heterocycles. The fourth-order valence-corrected chi connectivity index (χ4v) is 3.94. The van der Waals surface area contributed by atoms with E-state index >= 15 is 0 Å². The Morgan fingerprint density at radius 3 is 3.00 bits per heavy atom. The van der Waals surface area contributed by atoms with Gasteiger partial charge >= 0.3 is 0 Å². The number of non-ortho nitro benzene ring substituents is 1. The van der Waals surface area contributed by atoms with Crippen LogP contribution in [0, 0.1) is 17.0 Å². The molecule has 0 radical (unpaired) electrons. The summed E-state index contributed by atoms with van der Waals surface area (Å²) >= 11 is 3.03. The Balaban J connectivity index is 1.66. The van der Waals surface area contributed by atoms with E-state index in [0.717, 1.165) is 22.0 Å². The average Bonchev–Trinajstić information content (AvgIpc) is 3.24. The second-order valence-electron chi connectivity index (χ2n) is 5.07. The van der Waals surface area contributed by atoms with Gasteiger partial charge in [-0.1, -0.05) is 6.07 Å². The number of fused-ring (bicyclic) bond motifs is 1. The summed E-state index contributed by atoms with van der Waals surface area (Å²) in [7, 11) is 0. The molecule has 0 aliphatic rings. The van der Waals surface area contributed by atoms with Gasteiger partial charge < -0.3 is 5.32 Å². The first-order valence-electron chi connectivity index (χ1n) is 7.01. The van der Waals surface area contributed by atoms with E-state index in [2.05, 4.69) is 15.3 Å². The molecule has 7 nitrogen and oxygen atoms in total. The SMILES string of the molecule is Cc1nc2sccn2c1-c1csc(Nc2cccc([N+](=O)[O-])c2)n1. The third-order valence-electron chi connectivity index (χ3n) is 3.49. The Kier molecular flexibility index (Phi) is 3.51. The third-order valence-corrected chi connectivity index (χ3v) is 5.01. The molecule has 1 aromatic carbocycles. The van der Waals surface area contributed by atoms with E-state index < -0.39 is 4.92 Å². The molecule has 3 heterocycles. The van der Waals surface area contributed by atoms with Gasteiger partial charge in [0.25, 0.3) is 5.69 Å². The quantitative estimate of drug-likeness (QED) is 0.430. The van der Waals surface area contributed by atoms with Crippen molar-refractivity contribution < 1.29 is 4.92 Å². The minimum absolute atomic E-state index is 0.0448. The first kappa shape index (κ1) is 14.8. The van der Waals surface area contributed by atoms with Crippen molar-refractivity contribution in [1.29, 1.82) is 0 Å². The molecule has 0 unspecified atom stereocenters. The van der Waals surface area contributed by atoms with Crippen molar-refractivity contribution in [2.24, 2.45) is 0 Å². The van der Waals surface area contributed by atoms with Crippen molar-refractivity contribution in [3.63, 3.8) is 0 Å². The first-order valence-corrected chi connectivity index (χ1v) is 8.77. The van der Waals surface area contributed by atoms with E-state index in [4.69, 9.17) is 0 Å². The predicted octanol–water partition coefficient (Wildman–Crippen LogP) is 4.48.